The van der Waals surface area contributed by atoms with E-state index in [1.807, 2.05) is 0 Å². The normalized spacial score (nSPS) is 19.1. The molecule has 2 unspecified atom stereocenters. The fourth-order valence-electron chi connectivity index (χ4n) is 3.08. The highest BCUT2D eigenvalue weighted by atomic mass is 19.1. The first kappa shape index (κ1) is 21.3. The molecule has 3 rings (SSSR count). The number of piperidine rings is 1. The van der Waals surface area contributed by atoms with Gasteiger partial charge in [-0.1, -0.05) is 0 Å². The van der Waals surface area contributed by atoms with E-state index in [0.717, 1.165) is 0 Å². The van der Waals surface area contributed by atoms with Crippen LogP contribution in [-0.2, 0) is 4.74 Å². The van der Waals surface area contributed by atoms with E-state index in [4.69, 9.17) is 15.2 Å². The van der Waals surface area contributed by atoms with Gasteiger partial charge in [-0.25, -0.2) is 19.2 Å². The van der Waals surface area contributed by atoms with Gasteiger partial charge in [-0.05, 0) is 39.0 Å². The van der Waals surface area contributed by atoms with Gasteiger partial charge in [-0.3, -0.25) is 0 Å². The van der Waals surface area contributed by atoms with E-state index in [9.17, 15) is 14.4 Å². The van der Waals surface area contributed by atoms with Crippen LogP contribution in [0.25, 0.3) is 11.3 Å². The van der Waals surface area contributed by atoms with E-state index in [1.54, 1.807) is 45.0 Å². The van der Waals surface area contributed by atoms with Crippen LogP contribution in [0.5, 0.6) is 5.75 Å². The molecule has 1 fully saturated rings. The number of amides is 1. The summed E-state index contributed by atoms with van der Waals surface area (Å²) < 4.78 is 25.8. The summed E-state index contributed by atoms with van der Waals surface area (Å²) in [6, 6.07) is 8.61. The Morgan fingerprint density at radius 3 is 2.73 bits per heavy atom. The van der Waals surface area contributed by atoms with Crippen molar-refractivity contribution in [2.24, 2.45) is 0 Å². The largest absolute Gasteiger partial charge is 0.486 e. The van der Waals surface area contributed by atoms with E-state index < -0.39 is 24.0 Å². The van der Waals surface area contributed by atoms with Crippen molar-refractivity contribution in [1.82, 2.24) is 14.9 Å². The molecule has 2 heterocycles. The number of rotatable bonds is 3. The lowest BCUT2D eigenvalue weighted by molar-refractivity contribution is -0.0106. The molecule has 1 saturated heterocycles. The van der Waals surface area contributed by atoms with E-state index in [1.165, 1.54) is 11.2 Å². The summed E-state index contributed by atoms with van der Waals surface area (Å²) in [4.78, 5) is 21.5. The molecule has 1 aliphatic heterocycles. The van der Waals surface area contributed by atoms with E-state index in [-0.39, 0.29) is 24.3 Å². The minimum Gasteiger partial charge on any atom is -0.486 e. The molecule has 0 radical (unpaired) electrons. The van der Waals surface area contributed by atoms with Crippen LogP contribution in [0.3, 0.4) is 0 Å². The molecule has 2 aromatic rings. The number of nitrogens with two attached hydrogens (primary N) is 1. The maximum atomic E-state index is 14.7. The zero-order valence-corrected chi connectivity index (χ0v) is 17.1. The van der Waals surface area contributed by atoms with Crippen molar-refractivity contribution in [3.63, 3.8) is 0 Å². The number of nitriles is 1. The van der Waals surface area contributed by atoms with E-state index in [2.05, 4.69) is 16.0 Å². The number of hydrogen-bond acceptors (Lipinski definition) is 7. The number of hydrogen-bond donors (Lipinski definition) is 1. The third kappa shape index (κ3) is 5.14. The highest BCUT2D eigenvalue weighted by Crippen LogP contribution is 2.29. The zero-order valence-electron chi connectivity index (χ0n) is 17.1. The van der Waals surface area contributed by atoms with Gasteiger partial charge in [0.05, 0.1) is 17.8 Å². The molecule has 0 bridgehead atoms. The smallest absolute Gasteiger partial charge is 0.410 e. The molecule has 0 aliphatic carbocycles. The Balaban J connectivity index is 1.69. The summed E-state index contributed by atoms with van der Waals surface area (Å²) in [5, 5.41) is 9.51. The van der Waals surface area contributed by atoms with Crippen LogP contribution in [0.4, 0.5) is 15.0 Å². The van der Waals surface area contributed by atoms with Gasteiger partial charge in [0.1, 0.15) is 35.7 Å². The Morgan fingerprint density at radius 1 is 1.33 bits per heavy atom. The van der Waals surface area contributed by atoms with Crippen molar-refractivity contribution >= 4 is 11.9 Å². The number of anilines is 1. The number of nitrogens with zero attached hydrogens (tertiary/aromatic N) is 4. The molecular weight excluding hydrogens is 389 g/mol. The SMILES string of the molecule is CC(C)(C)OC(=O)N1CCC(Oc2ccc(-c3cc(N)ncn3)cc2C#N)C(F)C1. The summed E-state index contributed by atoms with van der Waals surface area (Å²) in [6.45, 7) is 5.46. The van der Waals surface area contributed by atoms with Crippen LogP contribution in [0.2, 0.25) is 0 Å². The van der Waals surface area contributed by atoms with Crippen molar-refractivity contribution < 1.29 is 18.7 Å². The number of carbonyl (C=O) groups is 1. The van der Waals surface area contributed by atoms with Crippen LogP contribution in [0.15, 0.2) is 30.6 Å². The second-order valence-electron chi connectivity index (χ2n) is 8.04. The van der Waals surface area contributed by atoms with Gasteiger partial charge in [0.25, 0.3) is 0 Å². The summed E-state index contributed by atoms with van der Waals surface area (Å²) in [5.41, 5.74) is 6.53. The number of ether oxygens (including phenoxy) is 2. The van der Waals surface area contributed by atoms with E-state index >= 15 is 0 Å². The molecule has 1 aromatic carbocycles. The number of nitrogen functional groups attached to an aromatic ring is 1. The number of alkyl halides is 1. The molecule has 30 heavy (non-hydrogen) atoms. The summed E-state index contributed by atoms with van der Waals surface area (Å²) in [5.74, 6) is 0.595. The molecule has 1 aromatic heterocycles. The Bertz CT molecular complexity index is 970. The number of aromatic nitrogens is 2. The van der Waals surface area contributed by atoms with Crippen LogP contribution in [0, 0.1) is 11.3 Å². The molecule has 1 aliphatic rings. The maximum absolute atomic E-state index is 14.7. The molecule has 0 spiro atoms. The zero-order chi connectivity index (χ0) is 21.9. The fraction of sp³-hybridized carbons (Fsp3) is 0.429. The molecule has 1 amide bonds. The predicted molar refractivity (Wildman–Crippen MR) is 108 cm³/mol. The molecule has 2 N–H and O–H groups in total. The summed E-state index contributed by atoms with van der Waals surface area (Å²) in [6.07, 6.45) is -1.09. The lowest BCUT2D eigenvalue weighted by atomic mass is 10.0. The van der Waals surface area contributed by atoms with Crippen molar-refractivity contribution in [1.29, 1.82) is 5.26 Å². The van der Waals surface area contributed by atoms with Gasteiger partial charge < -0.3 is 20.1 Å². The van der Waals surface area contributed by atoms with Crippen molar-refractivity contribution in [2.75, 3.05) is 18.8 Å². The van der Waals surface area contributed by atoms with Crippen LogP contribution < -0.4 is 10.5 Å². The van der Waals surface area contributed by atoms with Gasteiger partial charge in [-0.15, -0.1) is 0 Å². The molecule has 0 saturated carbocycles. The standard InChI is InChI=1S/C21H24FN5O3/c1-21(2,3)30-20(28)27-7-6-18(15(22)11-27)29-17-5-4-13(8-14(17)10-23)16-9-19(24)26-12-25-16/h4-5,8-9,12,15,18H,6-7,11H2,1-3H3,(H2,24,25,26). The quantitative estimate of drug-likeness (QED) is 0.821. The second-order valence-corrected chi connectivity index (χ2v) is 8.04. The predicted octanol–water partition coefficient (Wildman–Crippen LogP) is 3.32. The van der Waals surface area contributed by atoms with Crippen molar-refractivity contribution in [2.45, 2.75) is 45.1 Å². The average Bonchev–Trinajstić information content (AvgIpc) is 2.68. The van der Waals surface area contributed by atoms with Crippen LogP contribution in [-0.4, -0.2) is 51.9 Å². The van der Waals surface area contributed by atoms with Gasteiger partial charge in [0, 0.05) is 24.6 Å². The average molecular weight is 413 g/mol. The number of benzene rings is 1. The Hall–Kier alpha value is -3.41. The first-order valence-corrected chi connectivity index (χ1v) is 9.57. The minimum atomic E-state index is -1.40. The first-order valence-electron chi connectivity index (χ1n) is 9.57. The number of carbonyl (C=O) groups excluding carboxylic acids is 1. The molecule has 8 nitrogen and oxygen atoms in total. The number of halogens is 1. The first-order chi connectivity index (χ1) is 14.2. The highest BCUT2D eigenvalue weighted by Gasteiger charge is 2.35. The molecule has 2 atom stereocenters. The number of likely N-dealkylation sites (tertiary alicyclic amines) is 1. The van der Waals surface area contributed by atoms with Crippen LogP contribution in [0.1, 0.15) is 32.8 Å². The Morgan fingerprint density at radius 2 is 2.10 bits per heavy atom. The maximum Gasteiger partial charge on any atom is 0.410 e. The molecule has 158 valence electrons. The summed E-state index contributed by atoms with van der Waals surface area (Å²) >= 11 is 0. The Kier molecular flexibility index (Phi) is 6.06. The minimum absolute atomic E-state index is 0.125. The van der Waals surface area contributed by atoms with Gasteiger partial charge in [0.15, 0.2) is 6.17 Å². The summed E-state index contributed by atoms with van der Waals surface area (Å²) in [7, 11) is 0. The fourth-order valence-corrected chi connectivity index (χ4v) is 3.08. The van der Waals surface area contributed by atoms with E-state index in [0.29, 0.717) is 23.6 Å². The highest BCUT2D eigenvalue weighted by molar-refractivity contribution is 5.68. The third-order valence-electron chi connectivity index (χ3n) is 4.50. The molecular formula is C21H24FN5O3. The van der Waals surface area contributed by atoms with Gasteiger partial charge >= 0.3 is 6.09 Å². The lowest BCUT2D eigenvalue weighted by Gasteiger charge is -2.35. The lowest BCUT2D eigenvalue weighted by Crippen LogP contribution is -2.50. The van der Waals surface area contributed by atoms with Gasteiger partial charge in [-0.2, -0.15) is 5.26 Å². The Labute approximate surface area is 174 Å². The van der Waals surface area contributed by atoms with Crippen LogP contribution >= 0.6 is 0 Å². The molecule has 9 heteroatoms. The van der Waals surface area contributed by atoms with Gasteiger partial charge in [0.2, 0.25) is 0 Å². The topological polar surface area (TPSA) is 114 Å². The second kappa shape index (κ2) is 8.53. The van der Waals surface area contributed by atoms with Crippen molar-refractivity contribution in [3.05, 3.63) is 36.2 Å². The van der Waals surface area contributed by atoms with Crippen molar-refractivity contribution in [3.8, 4) is 23.1 Å². The monoisotopic (exact) mass is 413 g/mol. The third-order valence-corrected chi connectivity index (χ3v) is 4.50.